The van der Waals surface area contributed by atoms with Crippen molar-refractivity contribution < 1.29 is 56.0 Å². The van der Waals surface area contributed by atoms with Gasteiger partial charge in [0.2, 0.25) is 23.6 Å². The van der Waals surface area contributed by atoms with Gasteiger partial charge in [0.05, 0.1) is 31.4 Å². The van der Waals surface area contributed by atoms with Gasteiger partial charge in [-0.05, 0) is 23.6 Å². The second kappa shape index (κ2) is 19.4. The summed E-state index contributed by atoms with van der Waals surface area (Å²) in [4.78, 5) is 88.5. The number of benzene rings is 1. The number of ether oxygens (including phenoxy) is 2. The predicted octanol–water partition coefficient (Wildman–Crippen LogP) is -0.371. The molecule has 0 saturated heterocycles. The fraction of sp³-hybridized carbons (Fsp3) is 0.516. The van der Waals surface area contributed by atoms with E-state index in [0.717, 1.165) is 22.6 Å². The Hall–Kier alpha value is -4.68. The molecule has 0 aromatic heterocycles. The normalized spacial score (nSPS) is 13.4. The lowest BCUT2D eigenvalue weighted by molar-refractivity contribution is -0.148. The molecule has 17 nitrogen and oxygen atoms in total. The van der Waals surface area contributed by atoms with Crippen molar-refractivity contribution >= 4 is 57.2 Å². The van der Waals surface area contributed by atoms with Crippen LogP contribution in [-0.4, -0.2) is 115 Å². The third kappa shape index (κ3) is 15.0. The topological polar surface area (TPSA) is 235 Å². The molecule has 6 amide bonds. The number of nitrogens with one attached hydrogen (secondary N) is 3. The van der Waals surface area contributed by atoms with Gasteiger partial charge in [0, 0.05) is 37.3 Å². The molecule has 0 spiro atoms. The van der Waals surface area contributed by atoms with Crippen molar-refractivity contribution in [3.63, 3.8) is 0 Å². The number of imide groups is 1. The maximum absolute atomic E-state index is 12.9. The molecule has 2 rings (SSSR count). The minimum Gasteiger partial charge on any atom is -0.461 e. The van der Waals surface area contributed by atoms with E-state index in [9.17, 15) is 42.0 Å². The van der Waals surface area contributed by atoms with Crippen molar-refractivity contribution in [3.8, 4) is 0 Å². The van der Waals surface area contributed by atoms with Crippen molar-refractivity contribution in [1.29, 1.82) is 0 Å². The van der Waals surface area contributed by atoms with Gasteiger partial charge in [0.25, 0.3) is 21.9 Å². The maximum Gasteiger partial charge on any atom is 0.308 e. The Bertz CT molecular complexity index is 1490. The van der Waals surface area contributed by atoms with E-state index in [1.54, 1.807) is 52.0 Å². The molecule has 0 radical (unpaired) electrons. The van der Waals surface area contributed by atoms with Gasteiger partial charge in [-0.2, -0.15) is 8.42 Å². The summed E-state index contributed by atoms with van der Waals surface area (Å²) in [5.74, 6) is -5.46. The van der Waals surface area contributed by atoms with Crippen LogP contribution in [0.4, 0.5) is 5.69 Å². The molecular weight excluding hydrogens is 666 g/mol. The highest BCUT2D eigenvalue weighted by atomic mass is 32.2. The molecule has 0 saturated carbocycles. The summed E-state index contributed by atoms with van der Waals surface area (Å²) in [5.41, 5.74) is 1.17. The Morgan fingerprint density at radius 3 is 2.12 bits per heavy atom. The molecule has 1 unspecified atom stereocenters. The van der Waals surface area contributed by atoms with Crippen LogP contribution in [0.5, 0.6) is 0 Å². The summed E-state index contributed by atoms with van der Waals surface area (Å²) in [6.45, 7) is 5.02. The van der Waals surface area contributed by atoms with E-state index in [4.69, 9.17) is 14.0 Å². The first kappa shape index (κ1) is 40.5. The van der Waals surface area contributed by atoms with E-state index < -0.39 is 76.4 Å². The SMILES string of the molecule is CC(C)C(=O)OCc1ccc(NC(=O)CNC(=O)C(NC(=O)CCN(CCOCCS(=O)(=O)O)C(=O)CN2C(=O)C=CC2=O)C(C)C)cc1. The van der Waals surface area contributed by atoms with E-state index in [2.05, 4.69) is 16.0 Å². The standard InChI is InChI=1S/C31H43N5O12S/c1-20(2)29(30(42)32-17-25(38)33-23-7-5-22(6-8-23)19-48-31(43)21(3)4)34-24(37)11-12-35(13-14-47-15-16-49(44,45)46)28(41)18-36-26(39)9-10-27(36)40/h5-10,20-21,29H,11-19H2,1-4H3,(H,32,42)(H,33,38)(H,34,37)(H,44,45,46). The molecule has 1 aliphatic rings. The van der Waals surface area contributed by atoms with Gasteiger partial charge in [0.15, 0.2) is 0 Å². The third-order valence-corrected chi connectivity index (χ3v) is 7.61. The molecule has 4 N–H and O–H groups in total. The van der Waals surface area contributed by atoms with Gasteiger partial charge < -0.3 is 30.3 Å². The molecule has 1 aromatic carbocycles. The van der Waals surface area contributed by atoms with Crippen molar-refractivity contribution in [3.05, 3.63) is 42.0 Å². The van der Waals surface area contributed by atoms with Gasteiger partial charge >= 0.3 is 5.97 Å². The van der Waals surface area contributed by atoms with Gasteiger partial charge in [-0.15, -0.1) is 0 Å². The number of nitrogens with zero attached hydrogens (tertiary/aromatic N) is 2. The smallest absolute Gasteiger partial charge is 0.308 e. The zero-order chi connectivity index (χ0) is 36.7. The third-order valence-electron chi connectivity index (χ3n) is 6.93. The summed E-state index contributed by atoms with van der Waals surface area (Å²) in [6, 6.07) is 5.56. The molecule has 270 valence electrons. The van der Waals surface area contributed by atoms with Crippen LogP contribution in [0.3, 0.4) is 0 Å². The zero-order valence-corrected chi connectivity index (χ0v) is 28.6. The molecule has 1 heterocycles. The lowest BCUT2D eigenvalue weighted by atomic mass is 10.0. The Morgan fingerprint density at radius 2 is 1.55 bits per heavy atom. The number of hydrogen-bond acceptors (Lipinski definition) is 11. The van der Waals surface area contributed by atoms with Crippen LogP contribution >= 0.6 is 0 Å². The number of amides is 6. The fourth-order valence-electron chi connectivity index (χ4n) is 4.13. The summed E-state index contributed by atoms with van der Waals surface area (Å²) in [7, 11) is -4.26. The van der Waals surface area contributed by atoms with Crippen LogP contribution in [0.25, 0.3) is 0 Å². The molecule has 1 aliphatic heterocycles. The molecule has 0 fully saturated rings. The van der Waals surface area contributed by atoms with Crippen LogP contribution in [-0.2, 0) is 59.8 Å². The van der Waals surface area contributed by atoms with Gasteiger partial charge in [-0.3, -0.25) is 43.0 Å². The Kier molecular flexibility index (Phi) is 16.0. The second-order valence-corrected chi connectivity index (χ2v) is 13.2. The van der Waals surface area contributed by atoms with Gasteiger partial charge in [0.1, 0.15) is 19.2 Å². The number of carbonyl (C=O) groups is 7. The largest absolute Gasteiger partial charge is 0.461 e. The first-order valence-electron chi connectivity index (χ1n) is 15.4. The van der Waals surface area contributed by atoms with E-state index in [-0.39, 0.29) is 51.2 Å². The van der Waals surface area contributed by atoms with E-state index >= 15 is 0 Å². The highest BCUT2D eigenvalue weighted by Gasteiger charge is 2.29. The highest BCUT2D eigenvalue weighted by Crippen LogP contribution is 2.12. The quantitative estimate of drug-likeness (QED) is 0.0588. The lowest BCUT2D eigenvalue weighted by Gasteiger charge is -2.26. The highest BCUT2D eigenvalue weighted by molar-refractivity contribution is 7.85. The average molecular weight is 710 g/mol. The minimum atomic E-state index is -4.26. The van der Waals surface area contributed by atoms with Crippen LogP contribution in [0.2, 0.25) is 0 Å². The molecule has 49 heavy (non-hydrogen) atoms. The van der Waals surface area contributed by atoms with Crippen LogP contribution in [0, 0.1) is 11.8 Å². The number of hydrogen-bond donors (Lipinski definition) is 4. The number of esters is 1. The minimum absolute atomic E-state index is 0.0877. The first-order chi connectivity index (χ1) is 23.0. The maximum atomic E-state index is 12.9. The van der Waals surface area contributed by atoms with E-state index in [1.807, 2.05) is 0 Å². The number of anilines is 1. The van der Waals surface area contributed by atoms with Crippen molar-refractivity contribution in [2.24, 2.45) is 11.8 Å². The Labute approximate surface area is 284 Å². The summed E-state index contributed by atoms with van der Waals surface area (Å²) in [5, 5.41) is 7.71. The van der Waals surface area contributed by atoms with Crippen LogP contribution < -0.4 is 16.0 Å². The van der Waals surface area contributed by atoms with Gasteiger partial charge in [-0.1, -0.05) is 39.8 Å². The van der Waals surface area contributed by atoms with E-state index in [0.29, 0.717) is 10.6 Å². The summed E-state index contributed by atoms with van der Waals surface area (Å²) in [6.07, 6.45) is 1.74. The molecule has 0 aliphatic carbocycles. The number of rotatable bonds is 20. The molecule has 1 aromatic rings. The lowest BCUT2D eigenvalue weighted by Crippen LogP contribution is -2.51. The molecule has 18 heteroatoms. The zero-order valence-electron chi connectivity index (χ0n) is 27.8. The predicted molar refractivity (Wildman–Crippen MR) is 174 cm³/mol. The van der Waals surface area contributed by atoms with Crippen molar-refractivity contribution in [1.82, 2.24) is 20.4 Å². The monoisotopic (exact) mass is 709 g/mol. The average Bonchev–Trinajstić information content (AvgIpc) is 3.34. The van der Waals surface area contributed by atoms with Crippen molar-refractivity contribution in [2.75, 3.05) is 50.5 Å². The molecular formula is C31H43N5O12S. The molecule has 1 atom stereocenters. The summed E-state index contributed by atoms with van der Waals surface area (Å²) < 4.78 is 40.9. The fourth-order valence-corrected chi connectivity index (χ4v) is 4.46. The van der Waals surface area contributed by atoms with Gasteiger partial charge in [-0.25, -0.2) is 0 Å². The Morgan fingerprint density at radius 1 is 0.918 bits per heavy atom. The van der Waals surface area contributed by atoms with Crippen molar-refractivity contribution in [2.45, 2.75) is 46.8 Å². The Balaban J connectivity index is 1.90. The first-order valence-corrected chi connectivity index (χ1v) is 17.0. The second-order valence-electron chi connectivity index (χ2n) is 11.6. The summed E-state index contributed by atoms with van der Waals surface area (Å²) >= 11 is 0. The number of carbonyl (C=O) groups excluding carboxylic acids is 7. The van der Waals surface area contributed by atoms with E-state index in [1.165, 1.54) is 0 Å². The van der Waals surface area contributed by atoms with Crippen LogP contribution in [0.15, 0.2) is 36.4 Å². The molecule has 0 bridgehead atoms. The van der Waals surface area contributed by atoms with Crippen LogP contribution in [0.1, 0.15) is 39.7 Å².